The van der Waals surface area contributed by atoms with Crippen molar-refractivity contribution in [2.45, 2.75) is 12.8 Å². The summed E-state index contributed by atoms with van der Waals surface area (Å²) in [6, 6.07) is 4.91. The molecule has 6 heteroatoms. The van der Waals surface area contributed by atoms with Gasteiger partial charge in [0.05, 0.1) is 0 Å². The van der Waals surface area contributed by atoms with Crippen molar-refractivity contribution in [2.24, 2.45) is 5.92 Å². The quantitative estimate of drug-likeness (QED) is 0.777. The predicted molar refractivity (Wildman–Crippen MR) is 80.5 cm³/mol. The fourth-order valence-electron chi connectivity index (χ4n) is 2.70. The highest BCUT2D eigenvalue weighted by Crippen LogP contribution is 2.31. The van der Waals surface area contributed by atoms with Gasteiger partial charge in [-0.15, -0.1) is 0 Å². The van der Waals surface area contributed by atoms with Crippen LogP contribution in [-0.4, -0.2) is 47.8 Å². The van der Waals surface area contributed by atoms with Crippen molar-refractivity contribution in [3.63, 3.8) is 0 Å². The zero-order valence-corrected chi connectivity index (χ0v) is 11.9. The molecule has 1 aromatic carbocycles. The van der Waals surface area contributed by atoms with Crippen LogP contribution in [0.5, 0.6) is 0 Å². The first-order valence-electron chi connectivity index (χ1n) is 7.28. The second-order valence-corrected chi connectivity index (χ2v) is 5.78. The third-order valence-corrected chi connectivity index (χ3v) is 4.03. The summed E-state index contributed by atoms with van der Waals surface area (Å²) in [5, 5.41) is 0. The lowest BCUT2D eigenvalue weighted by atomic mass is 10.1. The van der Waals surface area contributed by atoms with Gasteiger partial charge in [0.15, 0.2) is 0 Å². The number of rotatable bonds is 2. The van der Waals surface area contributed by atoms with Gasteiger partial charge in [0.2, 0.25) is 5.91 Å². The molecule has 0 bridgehead atoms. The largest absolute Gasteiger partial charge is 0.399 e. The molecule has 2 fully saturated rings. The minimum absolute atomic E-state index is 0.0764. The predicted octanol–water partition coefficient (Wildman–Crippen LogP) is 0.545. The summed E-state index contributed by atoms with van der Waals surface area (Å²) in [5.74, 6) is 0.406. The second kappa shape index (κ2) is 5.27. The molecule has 1 heterocycles. The molecule has 0 aromatic heterocycles. The van der Waals surface area contributed by atoms with Crippen LogP contribution < -0.4 is 11.5 Å². The van der Waals surface area contributed by atoms with E-state index < -0.39 is 0 Å². The van der Waals surface area contributed by atoms with Gasteiger partial charge >= 0.3 is 0 Å². The SMILES string of the molecule is Nc1cc(N)cc(C(=O)N2CCN(C(=O)C3CC3)CC2)c1. The van der Waals surface area contributed by atoms with Crippen LogP contribution in [0.25, 0.3) is 0 Å². The van der Waals surface area contributed by atoms with Crippen LogP contribution >= 0.6 is 0 Å². The van der Waals surface area contributed by atoms with Crippen LogP contribution in [0.15, 0.2) is 18.2 Å². The van der Waals surface area contributed by atoms with Crippen molar-refractivity contribution >= 4 is 23.2 Å². The Kier molecular flexibility index (Phi) is 3.45. The summed E-state index contributed by atoms with van der Waals surface area (Å²) < 4.78 is 0. The molecule has 0 radical (unpaired) electrons. The van der Waals surface area contributed by atoms with Crippen LogP contribution in [0.3, 0.4) is 0 Å². The van der Waals surface area contributed by atoms with E-state index in [-0.39, 0.29) is 17.7 Å². The maximum Gasteiger partial charge on any atom is 0.254 e. The first kappa shape index (κ1) is 13.7. The van der Waals surface area contributed by atoms with E-state index >= 15 is 0 Å². The monoisotopic (exact) mass is 288 g/mol. The summed E-state index contributed by atoms with van der Waals surface area (Å²) in [5.41, 5.74) is 12.9. The highest BCUT2D eigenvalue weighted by molar-refractivity contribution is 5.96. The van der Waals surface area contributed by atoms with Gasteiger partial charge in [0, 0.05) is 49.0 Å². The molecular formula is C15H20N4O2. The first-order chi connectivity index (χ1) is 10.0. The number of amides is 2. The van der Waals surface area contributed by atoms with Crippen molar-refractivity contribution < 1.29 is 9.59 Å². The Morgan fingerprint density at radius 1 is 0.905 bits per heavy atom. The number of piperazine rings is 1. The Bertz CT molecular complexity index is 555. The van der Waals surface area contributed by atoms with E-state index in [9.17, 15) is 9.59 Å². The fourth-order valence-corrected chi connectivity index (χ4v) is 2.70. The highest BCUT2D eigenvalue weighted by Gasteiger charge is 2.35. The molecule has 2 amide bonds. The number of anilines is 2. The molecule has 1 aromatic rings. The summed E-state index contributed by atoms with van der Waals surface area (Å²) in [4.78, 5) is 28.0. The lowest BCUT2D eigenvalue weighted by Crippen LogP contribution is -2.51. The lowest BCUT2D eigenvalue weighted by molar-refractivity contribution is -0.134. The fraction of sp³-hybridized carbons (Fsp3) is 0.467. The van der Waals surface area contributed by atoms with Crippen molar-refractivity contribution in [3.8, 4) is 0 Å². The minimum Gasteiger partial charge on any atom is -0.399 e. The van der Waals surface area contributed by atoms with Gasteiger partial charge in [-0.05, 0) is 31.0 Å². The summed E-state index contributed by atoms with van der Waals surface area (Å²) in [6.07, 6.45) is 2.03. The number of carbonyl (C=O) groups excluding carboxylic acids is 2. The maximum absolute atomic E-state index is 12.4. The highest BCUT2D eigenvalue weighted by atomic mass is 16.2. The maximum atomic E-state index is 12.4. The van der Waals surface area contributed by atoms with Gasteiger partial charge in [0.1, 0.15) is 0 Å². The van der Waals surface area contributed by atoms with Crippen LogP contribution in [0.1, 0.15) is 23.2 Å². The van der Waals surface area contributed by atoms with Crippen molar-refractivity contribution in [1.82, 2.24) is 9.80 Å². The van der Waals surface area contributed by atoms with E-state index in [1.54, 1.807) is 23.1 Å². The summed E-state index contributed by atoms with van der Waals surface area (Å²) in [7, 11) is 0. The summed E-state index contributed by atoms with van der Waals surface area (Å²) >= 11 is 0. The molecule has 112 valence electrons. The van der Waals surface area contributed by atoms with Crippen LogP contribution in [0.4, 0.5) is 11.4 Å². The van der Waals surface area contributed by atoms with Crippen LogP contribution in [0.2, 0.25) is 0 Å². The smallest absolute Gasteiger partial charge is 0.254 e. The molecule has 3 rings (SSSR count). The van der Waals surface area contributed by atoms with E-state index in [1.165, 1.54) is 0 Å². The van der Waals surface area contributed by atoms with Crippen LogP contribution in [0, 0.1) is 5.92 Å². The number of hydrogen-bond donors (Lipinski definition) is 2. The number of hydrogen-bond acceptors (Lipinski definition) is 4. The van der Waals surface area contributed by atoms with E-state index in [4.69, 9.17) is 11.5 Å². The average Bonchev–Trinajstić information content (AvgIpc) is 3.29. The molecule has 0 atom stereocenters. The van der Waals surface area contributed by atoms with Gasteiger partial charge in [0.25, 0.3) is 5.91 Å². The number of nitrogens with zero attached hydrogens (tertiary/aromatic N) is 2. The molecular weight excluding hydrogens is 268 g/mol. The second-order valence-electron chi connectivity index (χ2n) is 5.78. The molecule has 4 N–H and O–H groups in total. The molecule has 1 aliphatic carbocycles. The van der Waals surface area contributed by atoms with E-state index in [0.29, 0.717) is 43.1 Å². The number of nitrogens with two attached hydrogens (primary N) is 2. The van der Waals surface area contributed by atoms with Gasteiger partial charge < -0.3 is 21.3 Å². The van der Waals surface area contributed by atoms with Gasteiger partial charge in [-0.25, -0.2) is 0 Å². The molecule has 2 aliphatic rings. The molecule has 1 aliphatic heterocycles. The summed E-state index contributed by atoms with van der Waals surface area (Å²) in [6.45, 7) is 2.34. The number of benzene rings is 1. The molecule has 1 saturated carbocycles. The van der Waals surface area contributed by atoms with E-state index in [1.807, 2.05) is 4.90 Å². The minimum atomic E-state index is -0.0764. The average molecular weight is 288 g/mol. The standard InChI is InChI=1S/C15H20N4O2/c16-12-7-11(8-13(17)9-12)15(21)19-5-3-18(4-6-19)14(20)10-1-2-10/h7-10H,1-6,16-17H2. The normalized spacial score (nSPS) is 18.7. The Morgan fingerprint density at radius 2 is 1.43 bits per heavy atom. The van der Waals surface area contributed by atoms with Gasteiger partial charge in [-0.1, -0.05) is 0 Å². The molecule has 21 heavy (non-hydrogen) atoms. The lowest BCUT2D eigenvalue weighted by Gasteiger charge is -2.35. The van der Waals surface area contributed by atoms with Crippen molar-refractivity contribution in [3.05, 3.63) is 23.8 Å². The topological polar surface area (TPSA) is 92.7 Å². The number of carbonyl (C=O) groups is 2. The van der Waals surface area contributed by atoms with E-state index in [2.05, 4.69) is 0 Å². The Balaban J connectivity index is 1.63. The molecule has 0 spiro atoms. The molecule has 6 nitrogen and oxygen atoms in total. The third kappa shape index (κ3) is 2.94. The zero-order chi connectivity index (χ0) is 15.0. The molecule has 1 saturated heterocycles. The first-order valence-corrected chi connectivity index (χ1v) is 7.28. The van der Waals surface area contributed by atoms with E-state index in [0.717, 1.165) is 12.8 Å². The Morgan fingerprint density at radius 3 is 1.95 bits per heavy atom. The Labute approximate surface area is 123 Å². The van der Waals surface area contributed by atoms with Gasteiger partial charge in [-0.3, -0.25) is 9.59 Å². The Hall–Kier alpha value is -2.24. The number of nitrogen functional groups attached to an aromatic ring is 2. The van der Waals surface area contributed by atoms with Gasteiger partial charge in [-0.2, -0.15) is 0 Å². The van der Waals surface area contributed by atoms with Crippen LogP contribution in [-0.2, 0) is 4.79 Å². The van der Waals surface area contributed by atoms with Crippen molar-refractivity contribution in [1.29, 1.82) is 0 Å². The zero-order valence-electron chi connectivity index (χ0n) is 11.9. The molecule has 0 unspecified atom stereocenters. The third-order valence-electron chi connectivity index (χ3n) is 4.03. The van der Waals surface area contributed by atoms with Crippen molar-refractivity contribution in [2.75, 3.05) is 37.6 Å².